The number of aromatic nitrogens is 2. The van der Waals surface area contributed by atoms with Crippen molar-refractivity contribution >= 4 is 5.91 Å². The summed E-state index contributed by atoms with van der Waals surface area (Å²) in [5.74, 6) is 2.59. The number of likely N-dealkylation sites (tertiary alicyclic amines) is 1. The number of nitrogens with two attached hydrogens (primary N) is 1. The van der Waals surface area contributed by atoms with Crippen LogP contribution in [-0.4, -0.2) is 40.6 Å². The standard InChI is InChI=1S/C17H28N4O2/c18-10-4-2-1-3-7-15(22)21-11-5-6-14(12-21)16-19-17(23-20-16)13-8-9-13/h13-14H,1-12,18H2/t14-/m1/s1. The number of carbonyl (C=O) groups excluding carboxylic acids is 1. The Kier molecular flexibility index (Phi) is 5.65. The van der Waals surface area contributed by atoms with Gasteiger partial charge in [-0.2, -0.15) is 4.98 Å². The predicted molar refractivity (Wildman–Crippen MR) is 87.0 cm³/mol. The molecular weight excluding hydrogens is 292 g/mol. The Morgan fingerprint density at radius 1 is 1.17 bits per heavy atom. The number of rotatable bonds is 8. The fraction of sp³-hybridized carbons (Fsp3) is 0.824. The van der Waals surface area contributed by atoms with Crippen molar-refractivity contribution in [3.05, 3.63) is 11.7 Å². The molecule has 2 fully saturated rings. The fourth-order valence-corrected chi connectivity index (χ4v) is 3.26. The maximum Gasteiger partial charge on any atom is 0.229 e. The van der Waals surface area contributed by atoms with Gasteiger partial charge in [-0.3, -0.25) is 4.79 Å². The molecule has 1 aromatic heterocycles. The summed E-state index contributed by atoms with van der Waals surface area (Å²) in [5, 5.41) is 4.15. The van der Waals surface area contributed by atoms with Crippen LogP contribution >= 0.6 is 0 Å². The molecule has 0 unspecified atom stereocenters. The lowest BCUT2D eigenvalue weighted by atomic mass is 9.97. The largest absolute Gasteiger partial charge is 0.342 e. The van der Waals surface area contributed by atoms with Crippen molar-refractivity contribution < 1.29 is 9.32 Å². The Bertz CT molecular complexity index is 512. The topological polar surface area (TPSA) is 85.3 Å². The van der Waals surface area contributed by atoms with Crippen molar-refractivity contribution in [1.29, 1.82) is 0 Å². The van der Waals surface area contributed by atoms with Gasteiger partial charge in [0.1, 0.15) is 0 Å². The van der Waals surface area contributed by atoms with Crippen LogP contribution < -0.4 is 5.73 Å². The predicted octanol–water partition coefficient (Wildman–Crippen LogP) is 2.56. The SMILES string of the molecule is NCCCCCCC(=O)N1CCC[C@@H](c2noc(C3CC3)n2)C1. The van der Waals surface area contributed by atoms with E-state index in [9.17, 15) is 4.79 Å². The Morgan fingerprint density at radius 3 is 2.78 bits per heavy atom. The minimum absolute atomic E-state index is 0.237. The molecule has 0 bridgehead atoms. The van der Waals surface area contributed by atoms with Crippen LogP contribution in [0.2, 0.25) is 0 Å². The Labute approximate surface area is 137 Å². The Morgan fingerprint density at radius 2 is 2.00 bits per heavy atom. The average Bonchev–Trinajstić information content (AvgIpc) is 3.31. The van der Waals surface area contributed by atoms with Crippen LogP contribution in [0.25, 0.3) is 0 Å². The highest BCUT2D eigenvalue weighted by atomic mass is 16.5. The fourth-order valence-electron chi connectivity index (χ4n) is 3.26. The minimum Gasteiger partial charge on any atom is -0.342 e. The summed E-state index contributed by atoms with van der Waals surface area (Å²) in [5.41, 5.74) is 5.49. The van der Waals surface area contributed by atoms with E-state index in [-0.39, 0.29) is 11.8 Å². The molecule has 1 aromatic rings. The van der Waals surface area contributed by atoms with Gasteiger partial charge in [0.2, 0.25) is 11.8 Å². The first-order chi connectivity index (χ1) is 11.3. The van der Waals surface area contributed by atoms with Gasteiger partial charge in [0, 0.05) is 31.3 Å². The zero-order valence-corrected chi connectivity index (χ0v) is 13.9. The van der Waals surface area contributed by atoms with Gasteiger partial charge in [-0.05, 0) is 45.1 Å². The molecule has 23 heavy (non-hydrogen) atoms. The molecule has 2 heterocycles. The molecular formula is C17H28N4O2. The number of hydrogen-bond donors (Lipinski definition) is 1. The van der Waals surface area contributed by atoms with Crippen LogP contribution in [0, 0.1) is 0 Å². The number of hydrogen-bond acceptors (Lipinski definition) is 5. The molecule has 3 rings (SSSR count). The zero-order valence-electron chi connectivity index (χ0n) is 13.9. The third-order valence-electron chi connectivity index (χ3n) is 4.87. The lowest BCUT2D eigenvalue weighted by Crippen LogP contribution is -2.39. The summed E-state index contributed by atoms with van der Waals surface area (Å²) < 4.78 is 5.37. The van der Waals surface area contributed by atoms with Crippen LogP contribution in [-0.2, 0) is 4.79 Å². The van der Waals surface area contributed by atoms with Gasteiger partial charge < -0.3 is 15.2 Å². The minimum atomic E-state index is 0.237. The zero-order chi connectivity index (χ0) is 16.1. The molecule has 0 radical (unpaired) electrons. The van der Waals surface area contributed by atoms with E-state index in [0.29, 0.717) is 12.3 Å². The number of piperidine rings is 1. The quantitative estimate of drug-likeness (QED) is 0.744. The monoisotopic (exact) mass is 320 g/mol. The van der Waals surface area contributed by atoms with E-state index >= 15 is 0 Å². The molecule has 2 aliphatic rings. The van der Waals surface area contributed by atoms with Gasteiger partial charge in [-0.1, -0.05) is 18.0 Å². The van der Waals surface area contributed by atoms with Gasteiger partial charge in [0.25, 0.3) is 0 Å². The summed E-state index contributed by atoms with van der Waals surface area (Å²) in [6.07, 6.45) is 9.30. The highest BCUT2D eigenvalue weighted by Gasteiger charge is 2.32. The molecule has 6 nitrogen and oxygen atoms in total. The van der Waals surface area contributed by atoms with Crippen LogP contribution in [0.5, 0.6) is 0 Å². The van der Waals surface area contributed by atoms with Gasteiger partial charge in [-0.25, -0.2) is 0 Å². The lowest BCUT2D eigenvalue weighted by molar-refractivity contribution is -0.132. The van der Waals surface area contributed by atoms with Crippen LogP contribution in [0.4, 0.5) is 0 Å². The second-order valence-corrected chi connectivity index (χ2v) is 6.90. The summed E-state index contributed by atoms with van der Waals surface area (Å²) >= 11 is 0. The maximum absolute atomic E-state index is 12.4. The van der Waals surface area contributed by atoms with Crippen LogP contribution in [0.3, 0.4) is 0 Å². The van der Waals surface area contributed by atoms with Crippen molar-refractivity contribution in [2.45, 2.75) is 69.6 Å². The van der Waals surface area contributed by atoms with Crippen LogP contribution in [0.1, 0.15) is 81.3 Å². The molecule has 1 saturated heterocycles. The van der Waals surface area contributed by atoms with E-state index in [4.69, 9.17) is 10.3 Å². The summed E-state index contributed by atoms with van der Waals surface area (Å²) in [6, 6.07) is 0. The van der Waals surface area contributed by atoms with Crippen molar-refractivity contribution in [2.24, 2.45) is 5.73 Å². The number of carbonyl (C=O) groups is 1. The molecule has 128 valence electrons. The van der Waals surface area contributed by atoms with E-state index in [1.165, 1.54) is 12.8 Å². The molecule has 1 aliphatic carbocycles. The number of amides is 1. The molecule has 1 atom stereocenters. The molecule has 1 saturated carbocycles. The molecule has 1 aliphatic heterocycles. The first kappa shape index (κ1) is 16.4. The second-order valence-electron chi connectivity index (χ2n) is 6.90. The van der Waals surface area contributed by atoms with E-state index in [0.717, 1.165) is 69.9 Å². The highest BCUT2D eigenvalue weighted by molar-refractivity contribution is 5.76. The molecule has 1 amide bonds. The second kappa shape index (κ2) is 7.90. The van der Waals surface area contributed by atoms with Crippen molar-refractivity contribution in [2.75, 3.05) is 19.6 Å². The first-order valence-corrected chi connectivity index (χ1v) is 9.09. The molecule has 0 spiro atoms. The molecule has 2 N–H and O–H groups in total. The third kappa shape index (κ3) is 4.53. The Balaban J connectivity index is 1.46. The van der Waals surface area contributed by atoms with E-state index in [2.05, 4.69) is 10.1 Å². The van der Waals surface area contributed by atoms with Crippen molar-refractivity contribution in [3.8, 4) is 0 Å². The van der Waals surface area contributed by atoms with Crippen LogP contribution in [0.15, 0.2) is 4.52 Å². The number of unbranched alkanes of at least 4 members (excludes halogenated alkanes) is 3. The van der Waals surface area contributed by atoms with Gasteiger partial charge in [-0.15, -0.1) is 0 Å². The van der Waals surface area contributed by atoms with E-state index < -0.39 is 0 Å². The van der Waals surface area contributed by atoms with Gasteiger partial charge in [0.05, 0.1) is 0 Å². The van der Waals surface area contributed by atoms with Crippen molar-refractivity contribution in [1.82, 2.24) is 15.0 Å². The summed E-state index contributed by atoms with van der Waals surface area (Å²) in [4.78, 5) is 18.9. The van der Waals surface area contributed by atoms with Gasteiger partial charge in [0.15, 0.2) is 5.82 Å². The lowest BCUT2D eigenvalue weighted by Gasteiger charge is -2.31. The highest BCUT2D eigenvalue weighted by Crippen LogP contribution is 2.39. The molecule has 0 aromatic carbocycles. The van der Waals surface area contributed by atoms with E-state index in [1.807, 2.05) is 4.90 Å². The van der Waals surface area contributed by atoms with E-state index in [1.54, 1.807) is 0 Å². The average molecular weight is 320 g/mol. The normalized spacial score (nSPS) is 21.6. The smallest absolute Gasteiger partial charge is 0.229 e. The molecule has 6 heteroatoms. The summed E-state index contributed by atoms with van der Waals surface area (Å²) in [7, 11) is 0. The van der Waals surface area contributed by atoms with Gasteiger partial charge >= 0.3 is 0 Å². The first-order valence-electron chi connectivity index (χ1n) is 9.09. The third-order valence-corrected chi connectivity index (χ3v) is 4.87. The maximum atomic E-state index is 12.4. The van der Waals surface area contributed by atoms with Crippen molar-refractivity contribution in [3.63, 3.8) is 0 Å². The summed E-state index contributed by atoms with van der Waals surface area (Å²) in [6.45, 7) is 2.35. The Hall–Kier alpha value is -1.43. The number of nitrogens with zero attached hydrogens (tertiary/aromatic N) is 3.